The van der Waals surface area contributed by atoms with Crippen LogP contribution in [0, 0.1) is 12.3 Å². The number of amides is 1. The second-order valence-electron chi connectivity index (χ2n) is 10.5. The van der Waals surface area contributed by atoms with Crippen molar-refractivity contribution in [2.45, 2.75) is 19.4 Å². The Morgan fingerprint density at radius 1 is 0.957 bits per heavy atom. The number of piperazine rings is 1. The van der Waals surface area contributed by atoms with E-state index in [1.807, 2.05) is 4.90 Å². The third kappa shape index (κ3) is 11.9. The number of guanidine groups is 1. The molecule has 252 valence electrons. The molecular formula is C28H45N13O5. The Morgan fingerprint density at radius 3 is 2.33 bits per heavy atom. The number of aryl methyl sites for hydroxylation is 1. The Balaban J connectivity index is 1.24. The SMILES string of the molecule is C#CCOCCOCCOCCNc1nc(N2CCOCC2)nc(N2CCN(C(=O)Cn3cc(CCCN=C(N)N)nn3)CC2)n1. The predicted molar refractivity (Wildman–Crippen MR) is 170 cm³/mol. The number of terminal acetylenes is 1. The summed E-state index contributed by atoms with van der Waals surface area (Å²) in [6.07, 6.45) is 8.34. The van der Waals surface area contributed by atoms with E-state index in [9.17, 15) is 4.79 Å². The first kappa shape index (κ1) is 34.6. The Labute approximate surface area is 268 Å². The normalized spacial score (nSPS) is 15.1. The van der Waals surface area contributed by atoms with E-state index in [1.54, 1.807) is 10.9 Å². The molecule has 0 atom stereocenters. The average molecular weight is 644 g/mol. The Kier molecular flexibility index (Phi) is 14.5. The summed E-state index contributed by atoms with van der Waals surface area (Å²) in [5, 5.41) is 11.5. The number of hydrogen-bond donors (Lipinski definition) is 3. The summed E-state index contributed by atoms with van der Waals surface area (Å²) in [5.74, 6) is 4.08. The van der Waals surface area contributed by atoms with Gasteiger partial charge in [0.1, 0.15) is 13.2 Å². The lowest BCUT2D eigenvalue weighted by molar-refractivity contribution is -0.132. The van der Waals surface area contributed by atoms with Crippen LogP contribution in [0.4, 0.5) is 17.8 Å². The summed E-state index contributed by atoms with van der Waals surface area (Å²) in [4.78, 5) is 37.1. The van der Waals surface area contributed by atoms with Crippen molar-refractivity contribution in [1.82, 2.24) is 34.8 Å². The number of rotatable bonds is 19. The van der Waals surface area contributed by atoms with E-state index in [0.717, 1.165) is 12.1 Å². The third-order valence-corrected chi connectivity index (χ3v) is 7.05. The maximum absolute atomic E-state index is 13.0. The fraction of sp³-hybridized carbons (Fsp3) is 0.679. The van der Waals surface area contributed by atoms with Gasteiger partial charge in [-0.3, -0.25) is 9.79 Å². The predicted octanol–water partition coefficient (Wildman–Crippen LogP) is -2.05. The Bertz CT molecular complexity index is 1270. The lowest BCUT2D eigenvalue weighted by atomic mass is 10.2. The molecule has 2 aromatic heterocycles. The minimum absolute atomic E-state index is 0.0220. The van der Waals surface area contributed by atoms with Crippen LogP contribution in [0.3, 0.4) is 0 Å². The largest absolute Gasteiger partial charge is 0.378 e. The summed E-state index contributed by atoms with van der Waals surface area (Å²) >= 11 is 0. The van der Waals surface area contributed by atoms with Crippen LogP contribution < -0.4 is 26.6 Å². The molecule has 2 aromatic rings. The van der Waals surface area contributed by atoms with Crippen molar-refractivity contribution in [3.63, 3.8) is 0 Å². The van der Waals surface area contributed by atoms with E-state index in [0.29, 0.717) is 123 Å². The van der Waals surface area contributed by atoms with Crippen molar-refractivity contribution < 1.29 is 23.7 Å². The molecule has 0 radical (unpaired) electrons. The fourth-order valence-electron chi connectivity index (χ4n) is 4.68. The van der Waals surface area contributed by atoms with Crippen LogP contribution in [0.2, 0.25) is 0 Å². The molecule has 4 heterocycles. The maximum Gasteiger partial charge on any atom is 0.244 e. The van der Waals surface area contributed by atoms with E-state index in [1.165, 1.54) is 0 Å². The van der Waals surface area contributed by atoms with E-state index in [4.69, 9.17) is 46.8 Å². The lowest BCUT2D eigenvalue weighted by Gasteiger charge is -2.35. The molecule has 2 fully saturated rings. The van der Waals surface area contributed by atoms with Crippen LogP contribution >= 0.6 is 0 Å². The van der Waals surface area contributed by atoms with Crippen LogP contribution in [-0.4, -0.2) is 152 Å². The first-order chi connectivity index (χ1) is 22.5. The van der Waals surface area contributed by atoms with Gasteiger partial charge in [0.2, 0.25) is 23.8 Å². The van der Waals surface area contributed by atoms with E-state index in [2.05, 4.69) is 41.3 Å². The molecule has 0 aliphatic carbocycles. The van der Waals surface area contributed by atoms with Crippen molar-refractivity contribution in [3.05, 3.63) is 11.9 Å². The monoisotopic (exact) mass is 643 g/mol. The lowest BCUT2D eigenvalue weighted by Crippen LogP contribution is -2.50. The molecule has 2 saturated heterocycles. The Morgan fingerprint density at radius 2 is 1.63 bits per heavy atom. The minimum atomic E-state index is -0.0220. The van der Waals surface area contributed by atoms with Crippen molar-refractivity contribution in [2.75, 3.05) is 120 Å². The maximum atomic E-state index is 13.0. The molecule has 0 saturated carbocycles. The molecule has 46 heavy (non-hydrogen) atoms. The van der Waals surface area contributed by atoms with Crippen LogP contribution in [0.1, 0.15) is 12.1 Å². The Hall–Kier alpha value is -4.31. The van der Waals surface area contributed by atoms with Crippen molar-refractivity contribution in [3.8, 4) is 12.3 Å². The number of hydrogen-bond acceptors (Lipinski definition) is 14. The molecule has 4 rings (SSSR count). The molecule has 18 heteroatoms. The van der Waals surface area contributed by atoms with E-state index in [-0.39, 0.29) is 25.0 Å². The summed E-state index contributed by atoms with van der Waals surface area (Å²) < 4.78 is 23.3. The van der Waals surface area contributed by atoms with E-state index >= 15 is 0 Å². The number of ether oxygens (including phenoxy) is 4. The molecule has 0 unspecified atom stereocenters. The van der Waals surface area contributed by atoms with Crippen LogP contribution in [0.25, 0.3) is 0 Å². The van der Waals surface area contributed by atoms with Gasteiger partial charge >= 0.3 is 0 Å². The number of aromatic nitrogens is 6. The van der Waals surface area contributed by atoms with Gasteiger partial charge in [0.15, 0.2) is 5.96 Å². The van der Waals surface area contributed by atoms with E-state index < -0.39 is 0 Å². The third-order valence-electron chi connectivity index (χ3n) is 7.05. The van der Waals surface area contributed by atoms with Crippen molar-refractivity contribution in [1.29, 1.82) is 0 Å². The average Bonchev–Trinajstić information content (AvgIpc) is 3.52. The molecule has 2 aliphatic heterocycles. The zero-order chi connectivity index (χ0) is 32.4. The zero-order valence-electron chi connectivity index (χ0n) is 26.3. The zero-order valence-corrected chi connectivity index (χ0v) is 26.3. The number of nitrogens with one attached hydrogen (secondary N) is 1. The number of nitrogens with zero attached hydrogens (tertiary/aromatic N) is 10. The molecule has 2 aliphatic rings. The number of anilines is 3. The molecular weight excluding hydrogens is 598 g/mol. The highest BCUT2D eigenvalue weighted by Crippen LogP contribution is 2.19. The first-order valence-electron chi connectivity index (χ1n) is 15.5. The molecule has 0 spiro atoms. The second-order valence-corrected chi connectivity index (χ2v) is 10.5. The van der Waals surface area contributed by atoms with Gasteiger partial charge in [-0.1, -0.05) is 11.1 Å². The van der Waals surface area contributed by atoms with Gasteiger partial charge in [-0.15, -0.1) is 11.5 Å². The number of nitrogens with two attached hydrogens (primary N) is 2. The van der Waals surface area contributed by atoms with Gasteiger partial charge < -0.3 is 50.4 Å². The molecule has 0 bridgehead atoms. The molecule has 0 aromatic carbocycles. The van der Waals surface area contributed by atoms with Gasteiger partial charge in [0.25, 0.3) is 0 Å². The smallest absolute Gasteiger partial charge is 0.244 e. The highest BCUT2D eigenvalue weighted by molar-refractivity contribution is 5.76. The van der Waals surface area contributed by atoms with Crippen LogP contribution in [0.5, 0.6) is 0 Å². The number of carbonyl (C=O) groups excluding carboxylic acids is 1. The van der Waals surface area contributed by atoms with Crippen molar-refractivity contribution >= 4 is 29.7 Å². The molecule has 5 N–H and O–H groups in total. The topological polar surface area (TPSA) is 210 Å². The van der Waals surface area contributed by atoms with Gasteiger partial charge in [-0.2, -0.15) is 15.0 Å². The highest BCUT2D eigenvalue weighted by Gasteiger charge is 2.25. The van der Waals surface area contributed by atoms with Crippen LogP contribution in [-0.2, 0) is 36.7 Å². The number of morpholine rings is 1. The minimum Gasteiger partial charge on any atom is -0.378 e. The number of carbonyl (C=O) groups is 1. The summed E-state index contributed by atoms with van der Waals surface area (Å²) in [5.41, 5.74) is 11.5. The quantitative estimate of drug-likeness (QED) is 0.0651. The second kappa shape index (κ2) is 19.3. The summed E-state index contributed by atoms with van der Waals surface area (Å²) in [6, 6.07) is 0. The van der Waals surface area contributed by atoms with Crippen LogP contribution in [0.15, 0.2) is 11.2 Å². The number of aliphatic imine (C=N–C) groups is 1. The molecule has 18 nitrogen and oxygen atoms in total. The molecule has 1 amide bonds. The first-order valence-corrected chi connectivity index (χ1v) is 15.5. The van der Waals surface area contributed by atoms with Gasteiger partial charge in [0, 0.05) is 58.6 Å². The highest BCUT2D eigenvalue weighted by atomic mass is 16.5. The summed E-state index contributed by atoms with van der Waals surface area (Å²) in [6.45, 7) is 8.59. The standard InChI is InChI=1S/C28H45N13O5/c1-2-13-43-17-19-46-20-18-44-14-6-32-26-33-27(35-28(34-26)40-11-15-45-16-12-40)39-9-7-38(8-10-39)24(42)22-41-21-23(36-37-41)4-3-5-31-25(29)30/h1,21H,3-20,22H2,(H4,29,30,31)(H,32,33,34,35). The van der Waals surface area contributed by atoms with Crippen molar-refractivity contribution in [2.24, 2.45) is 16.5 Å². The fourth-order valence-corrected chi connectivity index (χ4v) is 4.68. The summed E-state index contributed by atoms with van der Waals surface area (Å²) in [7, 11) is 0. The van der Waals surface area contributed by atoms with Gasteiger partial charge in [0.05, 0.1) is 51.9 Å². The van der Waals surface area contributed by atoms with Gasteiger partial charge in [-0.25, -0.2) is 4.68 Å². The van der Waals surface area contributed by atoms with Gasteiger partial charge in [-0.05, 0) is 12.8 Å².